The van der Waals surface area contributed by atoms with E-state index in [9.17, 15) is 54.0 Å². The van der Waals surface area contributed by atoms with Gasteiger partial charge in [-0.15, -0.1) is 10.2 Å². The number of sulfone groups is 3. The SMILES string of the molecule is CC(C)S(=O)(=O)c1ccc(-c2cnc(N)c(-c3nnc(-c4ccc(CNC(=O)OC(C)(C)C)cc4)o3)n2)cc1.CC(C)S(=O)(=O)c1ccc(-c2cnc(N)c(C(=O)NCC(=O)c3ccc(CNC(=O)OC(C)(C)C)cc3)n2)cc1.CC(C)S(=O)(=O)c1ccc(-c2cnc(N)c(C(=O)NN)n2)cc1.COC(=O)c1nc(Br)cnc1N. The summed E-state index contributed by atoms with van der Waals surface area (Å²) in [4.78, 5) is 105. The Bertz CT molecular complexity index is 5480. The molecule has 0 aliphatic carbocycles. The van der Waals surface area contributed by atoms with Crippen LogP contribution in [0, 0.1) is 0 Å². The Kier molecular flexibility index (Phi) is 29.8. The number of nitrogen functional groups attached to an aromatic ring is 5. The van der Waals surface area contributed by atoms with Gasteiger partial charge in [-0.25, -0.2) is 85.4 Å². The van der Waals surface area contributed by atoms with Crippen molar-refractivity contribution in [1.29, 1.82) is 0 Å². The van der Waals surface area contributed by atoms with Gasteiger partial charge < -0.3 is 57.5 Å². The molecule has 602 valence electrons. The van der Waals surface area contributed by atoms with Crippen LogP contribution in [0.4, 0.5) is 32.9 Å². The predicted octanol–water partition coefficient (Wildman–Crippen LogP) is 9.31. The molecule has 4 amide bonds. The number of carbonyl (C=O) groups is 6. The highest BCUT2D eigenvalue weighted by Gasteiger charge is 2.26. The number of hydrazine groups is 1. The Hall–Kier alpha value is -12.3. The fourth-order valence-electron chi connectivity index (χ4n) is 9.39. The van der Waals surface area contributed by atoms with Crippen LogP contribution in [0.15, 0.2) is 170 Å². The number of aromatic nitrogens is 10. The number of benzene rings is 5. The number of carbonyl (C=O) groups excluding carboxylic acids is 6. The quantitative estimate of drug-likeness (QED) is 0.00807. The number of rotatable bonds is 21. The Morgan fingerprint density at radius 3 is 1.21 bits per heavy atom. The molecule has 0 aliphatic heterocycles. The molecule has 0 saturated heterocycles. The molecule has 0 unspecified atom stereocenters. The van der Waals surface area contributed by atoms with E-state index in [2.05, 4.69) is 86.7 Å². The van der Waals surface area contributed by atoms with Crippen molar-refractivity contribution in [1.82, 2.24) is 71.4 Å². The molecule has 0 radical (unpaired) electrons. The smallest absolute Gasteiger partial charge is 0.407 e. The highest BCUT2D eigenvalue weighted by molar-refractivity contribution is 9.10. The number of halogens is 1. The van der Waals surface area contributed by atoms with E-state index in [1.807, 2.05) is 17.6 Å². The van der Waals surface area contributed by atoms with Crippen molar-refractivity contribution in [2.24, 2.45) is 5.84 Å². The highest BCUT2D eigenvalue weighted by Crippen LogP contribution is 2.31. The Morgan fingerprint density at radius 2 is 0.816 bits per heavy atom. The van der Waals surface area contributed by atoms with Gasteiger partial charge in [-0.2, -0.15) is 0 Å². The van der Waals surface area contributed by atoms with Crippen LogP contribution in [0.25, 0.3) is 56.8 Å². The summed E-state index contributed by atoms with van der Waals surface area (Å²) in [7, 11) is -8.91. The number of nitrogens with zero attached hydrogens (tertiary/aromatic N) is 10. The standard InChI is InChI=1S/C28H33N5O6S.C27H30N6O5S.C14H17N5O3S.C6H6BrN3O2/c1-17(2)40(37,38)21-12-10-19(11-13-21)22-15-30-25(29)24(33-22)26(35)31-16-23(34)20-8-6-18(7-9-20)14-32-27(36)39-28(3,4)5;1-16(2)39(35,36)20-12-10-18(11-13-20)21-15-29-23(28)22(31-21)25-33-32-24(37-25)19-8-6-17(7-9-19)14-30-26(34)38-27(3,4)5;1-8(2)23(21,22)10-5-3-9(4-6-10)11-7-17-13(15)12(18-11)14(20)19-16;1-12-6(11)4-5(8)9-2-3(7)10-4/h6-13,15,17H,14,16H2,1-5H3,(H2,29,30)(H,31,35)(H,32,36);6-13,15-16H,14H2,1-5H3,(H2,28,29)(H,30,34);3-8H,16H2,1-2H3,(H2,15,17)(H,19,20);2H,1H3,(H2,8,9). The van der Waals surface area contributed by atoms with Gasteiger partial charge >= 0.3 is 18.2 Å². The predicted molar refractivity (Wildman–Crippen MR) is 428 cm³/mol. The third kappa shape index (κ3) is 24.3. The summed E-state index contributed by atoms with van der Waals surface area (Å²) >= 11 is 3.06. The number of hydrogen-bond acceptors (Lipinski definition) is 31. The summed E-state index contributed by atoms with van der Waals surface area (Å²) in [5, 5.41) is 14.5. The van der Waals surface area contributed by atoms with Crippen molar-refractivity contribution in [3.05, 3.63) is 184 Å². The number of nitrogens with two attached hydrogens (primary N) is 5. The number of amides is 4. The number of alkyl carbamates (subject to hydrolysis) is 2. The van der Waals surface area contributed by atoms with Crippen molar-refractivity contribution in [3.63, 3.8) is 0 Å². The second kappa shape index (κ2) is 38.3. The van der Waals surface area contributed by atoms with Crippen molar-refractivity contribution < 1.29 is 72.6 Å². The number of hydrogen-bond donors (Lipinski definition) is 9. The zero-order valence-electron chi connectivity index (χ0n) is 64.2. The van der Waals surface area contributed by atoms with Gasteiger partial charge in [0, 0.05) is 40.9 Å². The number of ether oxygens (including phenoxy) is 3. The monoisotopic (exact) mass is 1680 g/mol. The molecule has 0 bridgehead atoms. The van der Waals surface area contributed by atoms with Gasteiger partial charge in [-0.1, -0.05) is 72.8 Å². The molecule has 0 spiro atoms. The van der Waals surface area contributed by atoms with Crippen LogP contribution in [0.1, 0.15) is 136 Å². The van der Waals surface area contributed by atoms with Crippen LogP contribution in [0.5, 0.6) is 0 Å². The first-order valence-corrected chi connectivity index (χ1v) is 39.9. The minimum absolute atomic E-state index is 0.0203. The average molecular weight is 1690 g/mol. The minimum Gasteiger partial charge on any atom is -0.464 e. The van der Waals surface area contributed by atoms with E-state index in [0.717, 1.165) is 11.1 Å². The van der Waals surface area contributed by atoms with Crippen LogP contribution in [0.2, 0.25) is 0 Å². The van der Waals surface area contributed by atoms with E-state index in [-0.39, 0.29) is 91.4 Å². The summed E-state index contributed by atoms with van der Waals surface area (Å²) in [6.45, 7) is 20.6. The lowest BCUT2D eigenvalue weighted by molar-refractivity contribution is 0.0512. The van der Waals surface area contributed by atoms with E-state index in [1.165, 1.54) is 56.2 Å². The van der Waals surface area contributed by atoms with Gasteiger partial charge in [0.1, 0.15) is 15.8 Å². The molecule has 114 heavy (non-hydrogen) atoms. The molecule has 0 saturated carbocycles. The molecule has 10 aromatic rings. The Morgan fingerprint density at radius 1 is 0.456 bits per heavy atom. The lowest BCUT2D eigenvalue weighted by Gasteiger charge is -2.19. The van der Waals surface area contributed by atoms with Crippen molar-refractivity contribution >= 4 is 104 Å². The van der Waals surface area contributed by atoms with Gasteiger partial charge in [0.2, 0.25) is 5.89 Å². The van der Waals surface area contributed by atoms with Gasteiger partial charge in [0.25, 0.3) is 17.7 Å². The van der Waals surface area contributed by atoms with E-state index in [0.29, 0.717) is 56.0 Å². The minimum atomic E-state index is -3.43. The van der Waals surface area contributed by atoms with Crippen molar-refractivity contribution in [3.8, 4) is 56.8 Å². The van der Waals surface area contributed by atoms with Gasteiger partial charge in [-0.05, 0) is 159 Å². The molecule has 10 rings (SSSR count). The van der Waals surface area contributed by atoms with E-state index in [4.69, 9.17) is 42.7 Å². The maximum atomic E-state index is 12.8. The van der Waals surface area contributed by atoms with E-state index in [1.54, 1.807) is 168 Å². The second-order valence-electron chi connectivity index (χ2n) is 27.3. The molecular formula is C75H86BrN19O16S3. The number of Topliss-reactive ketones (excluding diaryl/α,β-unsaturated/α-hetero) is 1. The van der Waals surface area contributed by atoms with E-state index < -0.39 is 86.4 Å². The number of esters is 1. The molecule has 39 heteroatoms. The van der Waals surface area contributed by atoms with Crippen LogP contribution in [-0.2, 0) is 56.8 Å². The fraction of sp³-hybridized carbons (Fsp3) is 0.280. The number of methoxy groups -OCH3 is 1. The Balaban J connectivity index is 0.000000226. The van der Waals surface area contributed by atoms with Crippen LogP contribution >= 0.6 is 15.9 Å². The van der Waals surface area contributed by atoms with Gasteiger partial charge in [0.05, 0.1) is 86.0 Å². The topological polar surface area (TPSA) is 553 Å². The normalized spacial score (nSPS) is 11.5. The lowest BCUT2D eigenvalue weighted by atomic mass is 10.1. The average Bonchev–Trinajstić information content (AvgIpc) is 1.22. The fourth-order valence-corrected chi connectivity index (χ4v) is 12.9. The first kappa shape index (κ1) is 88.9. The number of anilines is 4. The number of nitrogens with one attached hydrogen (secondary N) is 4. The Labute approximate surface area is 666 Å². The molecular weight excluding hydrogens is 1600 g/mol. The van der Waals surface area contributed by atoms with Gasteiger partial charge in [0.15, 0.2) is 81.3 Å². The highest BCUT2D eigenvalue weighted by atomic mass is 79.9. The maximum Gasteiger partial charge on any atom is 0.407 e. The summed E-state index contributed by atoms with van der Waals surface area (Å²) in [6, 6.07) is 32.5. The van der Waals surface area contributed by atoms with Crippen molar-refractivity contribution in [2.45, 2.75) is 138 Å². The molecule has 0 atom stereocenters. The third-order valence-corrected chi connectivity index (χ3v) is 22.5. The van der Waals surface area contributed by atoms with Crippen LogP contribution < -0.4 is 50.2 Å². The van der Waals surface area contributed by atoms with Crippen LogP contribution in [0.3, 0.4) is 0 Å². The lowest BCUT2D eigenvalue weighted by Crippen LogP contribution is -2.32. The van der Waals surface area contributed by atoms with Crippen LogP contribution in [-0.4, -0.2) is 152 Å². The zero-order valence-corrected chi connectivity index (χ0v) is 68.2. The summed E-state index contributed by atoms with van der Waals surface area (Å²) in [5.41, 5.74) is 29.2. The first-order chi connectivity index (χ1) is 53.4. The molecule has 0 fully saturated rings. The maximum absolute atomic E-state index is 12.8. The second-order valence-corrected chi connectivity index (χ2v) is 35.7. The largest absolute Gasteiger partial charge is 0.464 e. The molecule has 5 heterocycles. The third-order valence-electron chi connectivity index (χ3n) is 15.6. The van der Waals surface area contributed by atoms with Gasteiger partial charge in [-0.3, -0.25) is 19.8 Å². The first-order valence-electron chi connectivity index (χ1n) is 34.5. The summed E-state index contributed by atoms with van der Waals surface area (Å²) < 4.78 is 94.9. The molecule has 0 aliphatic rings. The summed E-state index contributed by atoms with van der Waals surface area (Å²) in [5.74, 6) is 3.14. The molecule has 14 N–H and O–H groups in total. The molecule has 5 aromatic heterocycles. The molecule has 5 aromatic carbocycles. The molecule has 35 nitrogen and oxygen atoms in total. The zero-order chi connectivity index (χ0) is 84.4. The summed E-state index contributed by atoms with van der Waals surface area (Å²) in [6.07, 6.45) is 4.63. The van der Waals surface area contributed by atoms with E-state index >= 15 is 0 Å². The number of ketones is 1. The van der Waals surface area contributed by atoms with Crippen molar-refractivity contribution in [2.75, 3.05) is 36.6 Å².